The number of benzene rings is 1. The van der Waals surface area contributed by atoms with Gasteiger partial charge in [0.2, 0.25) is 0 Å². The Morgan fingerprint density at radius 2 is 2.00 bits per heavy atom. The standard InChI is InChI=1S/C29H33F3N6O2/c1-19-6-5-9-36(13-19)20(2)21-10-24(29(30,31)32)25-15-37(27(39)38(25)14-21)23-8-4-7-22(11-23)28(16-40-17-28)12-26-34-33-18-35(26)3/h4,7-8,10-11,14-15,18-20H,5-6,9,12-13,16-17H2,1-3H3/t19-,20?/m0/s1. The number of pyridine rings is 1. The maximum atomic E-state index is 14.3. The topological polar surface area (TPSA) is 69.6 Å². The largest absolute Gasteiger partial charge is 0.418 e. The summed E-state index contributed by atoms with van der Waals surface area (Å²) in [5, 5.41) is 8.18. The molecule has 1 unspecified atom stereocenters. The summed E-state index contributed by atoms with van der Waals surface area (Å²) in [7, 11) is 1.88. The van der Waals surface area contributed by atoms with Crippen molar-refractivity contribution < 1.29 is 17.9 Å². The van der Waals surface area contributed by atoms with Crippen LogP contribution in [-0.2, 0) is 29.8 Å². The minimum Gasteiger partial charge on any atom is -0.379 e. The van der Waals surface area contributed by atoms with E-state index in [0.29, 0.717) is 36.8 Å². The monoisotopic (exact) mass is 554 g/mol. The van der Waals surface area contributed by atoms with E-state index in [1.807, 2.05) is 36.7 Å². The SMILES string of the molecule is CC(c1cc(C(F)(F)F)c2cn(-c3cccc(C4(Cc5nncn5C)COC4)c3)c(=O)n2c1)N1CCC[C@H](C)C1. The average molecular weight is 555 g/mol. The molecule has 3 aromatic heterocycles. The van der Waals surface area contributed by atoms with Crippen LogP contribution in [0, 0.1) is 5.92 Å². The summed E-state index contributed by atoms with van der Waals surface area (Å²) >= 11 is 0. The number of ether oxygens (including phenoxy) is 1. The molecule has 8 nitrogen and oxygen atoms in total. The molecule has 212 valence electrons. The maximum Gasteiger partial charge on any atom is 0.418 e. The molecular formula is C29H33F3N6O2. The second-order valence-electron chi connectivity index (χ2n) is 11.5. The quantitative estimate of drug-likeness (QED) is 0.350. The van der Waals surface area contributed by atoms with E-state index < -0.39 is 17.4 Å². The summed E-state index contributed by atoms with van der Waals surface area (Å²) < 4.78 is 52.9. The Hall–Kier alpha value is -3.44. The van der Waals surface area contributed by atoms with E-state index in [2.05, 4.69) is 22.0 Å². The fourth-order valence-corrected chi connectivity index (χ4v) is 6.11. The zero-order chi connectivity index (χ0) is 28.2. The molecule has 0 bridgehead atoms. The van der Waals surface area contributed by atoms with Gasteiger partial charge in [0, 0.05) is 43.9 Å². The van der Waals surface area contributed by atoms with Crippen LogP contribution in [0.3, 0.4) is 0 Å². The fourth-order valence-electron chi connectivity index (χ4n) is 6.11. The zero-order valence-electron chi connectivity index (χ0n) is 22.9. The van der Waals surface area contributed by atoms with Crippen molar-refractivity contribution in [2.45, 2.75) is 50.7 Å². The van der Waals surface area contributed by atoms with Gasteiger partial charge in [0.15, 0.2) is 0 Å². The van der Waals surface area contributed by atoms with Gasteiger partial charge in [-0.2, -0.15) is 13.2 Å². The van der Waals surface area contributed by atoms with Gasteiger partial charge < -0.3 is 9.30 Å². The number of aryl methyl sites for hydroxylation is 1. The van der Waals surface area contributed by atoms with Gasteiger partial charge in [-0.3, -0.25) is 13.9 Å². The Morgan fingerprint density at radius 1 is 1.20 bits per heavy atom. The van der Waals surface area contributed by atoms with Crippen LogP contribution in [0.1, 0.15) is 55.2 Å². The van der Waals surface area contributed by atoms with Gasteiger partial charge in [0.1, 0.15) is 12.2 Å². The van der Waals surface area contributed by atoms with Crippen molar-refractivity contribution in [2.75, 3.05) is 26.3 Å². The van der Waals surface area contributed by atoms with E-state index in [0.717, 1.165) is 41.7 Å². The summed E-state index contributed by atoms with van der Waals surface area (Å²) in [6.45, 7) is 6.68. The summed E-state index contributed by atoms with van der Waals surface area (Å²) in [4.78, 5) is 15.9. The predicted octanol–water partition coefficient (Wildman–Crippen LogP) is 4.54. The number of rotatable bonds is 6. The van der Waals surface area contributed by atoms with Crippen LogP contribution in [0.25, 0.3) is 11.2 Å². The molecule has 2 atom stereocenters. The molecular weight excluding hydrogens is 521 g/mol. The first-order valence-corrected chi connectivity index (χ1v) is 13.7. The Balaban J connectivity index is 1.42. The molecule has 1 aromatic carbocycles. The highest BCUT2D eigenvalue weighted by Crippen LogP contribution is 2.38. The van der Waals surface area contributed by atoms with Crippen molar-refractivity contribution in [1.29, 1.82) is 0 Å². The summed E-state index contributed by atoms with van der Waals surface area (Å²) in [6.07, 6.45) is 2.62. The molecule has 0 saturated carbocycles. The smallest absolute Gasteiger partial charge is 0.379 e. The minimum absolute atomic E-state index is 0.161. The number of imidazole rings is 1. The highest BCUT2D eigenvalue weighted by Gasteiger charge is 2.42. The average Bonchev–Trinajstić information content (AvgIpc) is 3.46. The van der Waals surface area contributed by atoms with Gasteiger partial charge >= 0.3 is 11.9 Å². The first kappa shape index (κ1) is 26.8. The molecule has 2 saturated heterocycles. The second kappa shape index (κ2) is 9.88. The van der Waals surface area contributed by atoms with E-state index in [1.54, 1.807) is 18.6 Å². The summed E-state index contributed by atoms with van der Waals surface area (Å²) in [6, 6.07) is 8.36. The van der Waals surface area contributed by atoms with Crippen LogP contribution in [0.5, 0.6) is 0 Å². The van der Waals surface area contributed by atoms with Gasteiger partial charge in [0.25, 0.3) is 0 Å². The molecule has 2 aliphatic rings. The number of piperidine rings is 1. The molecule has 4 aromatic rings. The fraction of sp³-hybridized carbons (Fsp3) is 0.483. The number of hydrogen-bond donors (Lipinski definition) is 0. The molecule has 6 rings (SSSR count). The highest BCUT2D eigenvalue weighted by atomic mass is 19.4. The summed E-state index contributed by atoms with van der Waals surface area (Å²) in [5.74, 6) is 1.29. The van der Waals surface area contributed by atoms with Crippen molar-refractivity contribution in [3.8, 4) is 5.69 Å². The Labute approximate surface area is 230 Å². The molecule has 0 amide bonds. The van der Waals surface area contributed by atoms with Gasteiger partial charge in [0.05, 0.1) is 30.0 Å². The van der Waals surface area contributed by atoms with E-state index in [-0.39, 0.29) is 17.0 Å². The van der Waals surface area contributed by atoms with E-state index in [4.69, 9.17) is 4.74 Å². The number of alkyl halides is 3. The molecule has 0 N–H and O–H groups in total. The number of fused-ring (bicyclic) bond motifs is 1. The molecule has 0 aliphatic carbocycles. The minimum atomic E-state index is -4.61. The van der Waals surface area contributed by atoms with E-state index in [1.165, 1.54) is 16.8 Å². The van der Waals surface area contributed by atoms with Crippen molar-refractivity contribution >= 4 is 5.52 Å². The third kappa shape index (κ3) is 4.64. The van der Waals surface area contributed by atoms with E-state index >= 15 is 0 Å². The second-order valence-corrected chi connectivity index (χ2v) is 11.5. The first-order valence-electron chi connectivity index (χ1n) is 13.7. The van der Waals surface area contributed by atoms with E-state index in [9.17, 15) is 18.0 Å². The lowest BCUT2D eigenvalue weighted by Crippen LogP contribution is -2.49. The van der Waals surface area contributed by atoms with Crippen molar-refractivity contribution in [3.05, 3.63) is 82.1 Å². The third-order valence-electron chi connectivity index (χ3n) is 8.61. The molecule has 2 aliphatic heterocycles. The van der Waals surface area contributed by atoms with Crippen molar-refractivity contribution in [3.63, 3.8) is 0 Å². The molecule has 11 heteroatoms. The van der Waals surface area contributed by atoms with Gasteiger partial charge in [-0.15, -0.1) is 10.2 Å². The van der Waals surface area contributed by atoms with Crippen LogP contribution in [0.15, 0.2) is 53.8 Å². The lowest BCUT2D eigenvalue weighted by atomic mass is 9.75. The van der Waals surface area contributed by atoms with Crippen LogP contribution < -0.4 is 5.69 Å². The number of nitrogens with zero attached hydrogens (tertiary/aromatic N) is 6. The van der Waals surface area contributed by atoms with Crippen molar-refractivity contribution in [1.82, 2.24) is 28.6 Å². The molecule has 0 radical (unpaired) electrons. The maximum absolute atomic E-state index is 14.3. The first-order chi connectivity index (χ1) is 19.1. The Bertz CT molecular complexity index is 1600. The van der Waals surface area contributed by atoms with Gasteiger partial charge in [-0.05, 0) is 61.6 Å². The number of halogens is 3. The van der Waals surface area contributed by atoms with Gasteiger partial charge in [-0.1, -0.05) is 19.1 Å². The molecule has 2 fully saturated rings. The zero-order valence-corrected chi connectivity index (χ0v) is 22.9. The predicted molar refractivity (Wildman–Crippen MR) is 144 cm³/mol. The number of hydrogen-bond acceptors (Lipinski definition) is 5. The summed E-state index contributed by atoms with van der Waals surface area (Å²) in [5.41, 5.74) is 0.0635. The Morgan fingerprint density at radius 3 is 2.65 bits per heavy atom. The van der Waals surface area contributed by atoms with Crippen LogP contribution in [0.2, 0.25) is 0 Å². The normalized spacial score (nSPS) is 20.5. The Kier molecular flexibility index (Phi) is 6.61. The van der Waals surface area contributed by atoms with Crippen molar-refractivity contribution in [2.24, 2.45) is 13.0 Å². The van der Waals surface area contributed by atoms with Gasteiger partial charge in [-0.25, -0.2) is 4.79 Å². The highest BCUT2D eigenvalue weighted by molar-refractivity contribution is 5.58. The van der Waals surface area contributed by atoms with Crippen LogP contribution >= 0.6 is 0 Å². The molecule has 5 heterocycles. The van der Waals surface area contributed by atoms with Crippen LogP contribution in [0.4, 0.5) is 13.2 Å². The lowest BCUT2D eigenvalue weighted by Gasteiger charge is -2.41. The lowest BCUT2D eigenvalue weighted by molar-refractivity contribution is -0.136. The number of aromatic nitrogens is 5. The molecule has 0 spiro atoms. The number of likely N-dealkylation sites (tertiary alicyclic amines) is 1. The third-order valence-corrected chi connectivity index (χ3v) is 8.61. The molecule has 40 heavy (non-hydrogen) atoms. The van der Waals surface area contributed by atoms with Crippen LogP contribution in [-0.4, -0.2) is 54.9 Å².